The fourth-order valence-corrected chi connectivity index (χ4v) is 2.00. The third kappa shape index (κ3) is 6.07. The van der Waals surface area contributed by atoms with Crippen molar-refractivity contribution in [3.05, 3.63) is 23.7 Å². The molecule has 0 aromatic carbocycles. The fourth-order valence-electron chi connectivity index (χ4n) is 1.55. The van der Waals surface area contributed by atoms with E-state index < -0.39 is 5.76 Å². The Morgan fingerprint density at radius 2 is 2.06 bits per heavy atom. The van der Waals surface area contributed by atoms with E-state index in [1.54, 1.807) is 6.07 Å². The Bertz CT molecular complexity index is 317. The van der Waals surface area contributed by atoms with Crippen molar-refractivity contribution in [2.24, 2.45) is 0 Å². The summed E-state index contributed by atoms with van der Waals surface area (Å²) >= 11 is 0.583. The maximum absolute atomic E-state index is 12.0. The zero-order valence-corrected chi connectivity index (χ0v) is 11.0. The van der Waals surface area contributed by atoms with Gasteiger partial charge in [0, 0.05) is 6.04 Å². The molecule has 0 aliphatic heterocycles. The minimum atomic E-state index is -2.34. The first-order valence-corrected chi connectivity index (χ1v) is 6.87. The maximum atomic E-state index is 12.0. The topological polar surface area (TPSA) is 25.2 Å². The van der Waals surface area contributed by atoms with Gasteiger partial charge in [-0.3, -0.25) is 0 Å². The molecule has 0 saturated heterocycles. The highest BCUT2D eigenvalue weighted by Gasteiger charge is 2.08. The van der Waals surface area contributed by atoms with Crippen LogP contribution in [-0.4, -0.2) is 11.8 Å². The number of halogens is 2. The molecule has 2 nitrogen and oxygen atoms in total. The summed E-state index contributed by atoms with van der Waals surface area (Å²) in [6, 6.07) is 4.05. The molecule has 0 spiro atoms. The van der Waals surface area contributed by atoms with Gasteiger partial charge in [0.25, 0.3) is 5.76 Å². The lowest BCUT2D eigenvalue weighted by Crippen LogP contribution is -2.24. The monoisotopic (exact) mass is 263 g/mol. The molecule has 0 amide bonds. The van der Waals surface area contributed by atoms with Gasteiger partial charge in [0.2, 0.25) is 0 Å². The van der Waals surface area contributed by atoms with Crippen molar-refractivity contribution in [1.29, 1.82) is 0 Å². The third-order valence-electron chi connectivity index (χ3n) is 2.42. The van der Waals surface area contributed by atoms with Crippen LogP contribution in [0, 0.1) is 0 Å². The molecule has 1 heterocycles. The molecule has 1 aromatic heterocycles. The molecule has 0 radical (unpaired) electrons. The SMILES string of the molecule is CCCC(C)NCc1ccc(CSC(F)F)o1. The average molecular weight is 263 g/mol. The second kappa shape index (κ2) is 7.71. The summed E-state index contributed by atoms with van der Waals surface area (Å²) in [6.45, 7) is 4.92. The van der Waals surface area contributed by atoms with E-state index in [1.165, 1.54) is 0 Å². The Balaban J connectivity index is 2.30. The molecule has 0 fully saturated rings. The first-order chi connectivity index (χ1) is 8.11. The van der Waals surface area contributed by atoms with Crippen LogP contribution in [-0.2, 0) is 12.3 Å². The number of furan rings is 1. The van der Waals surface area contributed by atoms with Gasteiger partial charge in [0.05, 0.1) is 12.3 Å². The van der Waals surface area contributed by atoms with Crippen LogP contribution in [0.2, 0.25) is 0 Å². The van der Waals surface area contributed by atoms with E-state index >= 15 is 0 Å². The smallest absolute Gasteiger partial charge is 0.284 e. The Hall–Kier alpha value is -0.550. The predicted molar refractivity (Wildman–Crippen MR) is 67.2 cm³/mol. The van der Waals surface area contributed by atoms with Gasteiger partial charge in [-0.2, -0.15) is 8.78 Å². The zero-order valence-electron chi connectivity index (χ0n) is 10.2. The Morgan fingerprint density at radius 1 is 1.35 bits per heavy atom. The summed E-state index contributed by atoms with van der Waals surface area (Å²) in [5.41, 5.74) is 0. The van der Waals surface area contributed by atoms with Gasteiger partial charge in [-0.1, -0.05) is 25.1 Å². The van der Waals surface area contributed by atoms with Gasteiger partial charge in [-0.15, -0.1) is 0 Å². The first-order valence-electron chi connectivity index (χ1n) is 5.82. The van der Waals surface area contributed by atoms with Crippen molar-refractivity contribution >= 4 is 11.8 Å². The lowest BCUT2D eigenvalue weighted by Gasteiger charge is -2.10. The fraction of sp³-hybridized carbons (Fsp3) is 0.667. The molecule has 0 bridgehead atoms. The Kier molecular flexibility index (Phi) is 6.58. The third-order valence-corrected chi connectivity index (χ3v) is 3.12. The van der Waals surface area contributed by atoms with Crippen molar-refractivity contribution < 1.29 is 13.2 Å². The van der Waals surface area contributed by atoms with Crippen LogP contribution >= 0.6 is 11.8 Å². The number of alkyl halides is 2. The van der Waals surface area contributed by atoms with Crippen LogP contribution in [0.25, 0.3) is 0 Å². The van der Waals surface area contributed by atoms with Crippen LogP contribution in [0.4, 0.5) is 8.78 Å². The van der Waals surface area contributed by atoms with Gasteiger partial charge >= 0.3 is 0 Å². The Morgan fingerprint density at radius 3 is 2.71 bits per heavy atom. The van der Waals surface area contributed by atoms with Gasteiger partial charge in [0.15, 0.2) is 0 Å². The molecular weight excluding hydrogens is 244 g/mol. The second-order valence-electron chi connectivity index (χ2n) is 4.01. The highest BCUT2D eigenvalue weighted by Crippen LogP contribution is 2.21. The molecule has 17 heavy (non-hydrogen) atoms. The maximum Gasteiger partial charge on any atom is 0.284 e. The minimum Gasteiger partial charge on any atom is -0.464 e. The summed E-state index contributed by atoms with van der Waals surface area (Å²) in [5, 5.41) is 3.33. The van der Waals surface area contributed by atoms with Crippen molar-refractivity contribution in [3.8, 4) is 0 Å². The van der Waals surface area contributed by atoms with E-state index in [0.717, 1.165) is 18.6 Å². The normalized spacial score (nSPS) is 13.2. The number of hydrogen-bond donors (Lipinski definition) is 1. The summed E-state index contributed by atoms with van der Waals surface area (Å²) in [7, 11) is 0. The van der Waals surface area contributed by atoms with E-state index in [-0.39, 0.29) is 5.75 Å². The van der Waals surface area contributed by atoms with Gasteiger partial charge in [0.1, 0.15) is 11.5 Å². The van der Waals surface area contributed by atoms with Crippen molar-refractivity contribution in [3.63, 3.8) is 0 Å². The van der Waals surface area contributed by atoms with Gasteiger partial charge < -0.3 is 9.73 Å². The molecule has 0 aliphatic rings. The average Bonchev–Trinajstić information content (AvgIpc) is 2.72. The molecule has 1 atom stereocenters. The standard InChI is InChI=1S/C12H19F2NOS/c1-3-4-9(2)15-7-10-5-6-11(16-10)8-17-12(13)14/h5-6,9,12,15H,3-4,7-8H2,1-2H3. The zero-order chi connectivity index (χ0) is 12.7. The van der Waals surface area contributed by atoms with E-state index in [1.807, 2.05) is 6.07 Å². The predicted octanol–water partition coefficient (Wildman–Crippen LogP) is 4.01. The van der Waals surface area contributed by atoms with E-state index in [2.05, 4.69) is 19.2 Å². The quantitative estimate of drug-likeness (QED) is 0.767. The van der Waals surface area contributed by atoms with Crippen molar-refractivity contribution in [1.82, 2.24) is 5.32 Å². The van der Waals surface area contributed by atoms with Gasteiger partial charge in [-0.05, 0) is 25.5 Å². The molecule has 1 N–H and O–H groups in total. The van der Waals surface area contributed by atoms with E-state index in [0.29, 0.717) is 30.1 Å². The van der Waals surface area contributed by atoms with E-state index in [9.17, 15) is 8.78 Å². The highest BCUT2D eigenvalue weighted by molar-refractivity contribution is 7.98. The van der Waals surface area contributed by atoms with Crippen LogP contribution in [0.3, 0.4) is 0 Å². The summed E-state index contributed by atoms with van der Waals surface area (Å²) in [5.74, 6) is -0.707. The number of hydrogen-bond acceptors (Lipinski definition) is 3. The van der Waals surface area contributed by atoms with Crippen molar-refractivity contribution in [2.75, 3.05) is 0 Å². The molecule has 1 rings (SSSR count). The number of thioether (sulfide) groups is 1. The summed E-state index contributed by atoms with van der Waals surface area (Å²) in [4.78, 5) is 0. The highest BCUT2D eigenvalue weighted by atomic mass is 32.2. The number of rotatable bonds is 8. The van der Waals surface area contributed by atoms with Crippen molar-refractivity contribution in [2.45, 2.75) is 50.8 Å². The summed E-state index contributed by atoms with van der Waals surface area (Å²) < 4.78 is 29.4. The molecule has 1 unspecified atom stereocenters. The van der Waals surface area contributed by atoms with E-state index in [4.69, 9.17) is 4.42 Å². The molecular formula is C12H19F2NOS. The number of nitrogens with one attached hydrogen (secondary N) is 1. The molecule has 0 saturated carbocycles. The van der Waals surface area contributed by atoms with Crippen LogP contribution < -0.4 is 5.32 Å². The summed E-state index contributed by atoms with van der Waals surface area (Å²) in [6.07, 6.45) is 2.26. The van der Waals surface area contributed by atoms with Crippen LogP contribution in [0.1, 0.15) is 38.2 Å². The lowest BCUT2D eigenvalue weighted by molar-refractivity contribution is 0.251. The van der Waals surface area contributed by atoms with Crippen LogP contribution in [0.15, 0.2) is 16.5 Å². The second-order valence-corrected chi connectivity index (χ2v) is 4.99. The molecule has 0 aliphatic carbocycles. The molecule has 5 heteroatoms. The molecule has 1 aromatic rings. The van der Waals surface area contributed by atoms with Crippen LogP contribution in [0.5, 0.6) is 0 Å². The molecule has 98 valence electrons. The lowest BCUT2D eigenvalue weighted by atomic mass is 10.2. The minimum absolute atomic E-state index is 0.224. The van der Waals surface area contributed by atoms with Gasteiger partial charge in [-0.25, -0.2) is 0 Å². The first kappa shape index (κ1) is 14.5. The Labute approximate surface area is 105 Å². The largest absolute Gasteiger partial charge is 0.464 e.